The molecule has 0 heterocycles. The number of rotatable bonds is 8. The van der Waals surface area contributed by atoms with Gasteiger partial charge in [-0.3, -0.25) is 4.79 Å². The van der Waals surface area contributed by atoms with E-state index < -0.39 is 18.0 Å². The fraction of sp³-hybridized carbons (Fsp3) is 0.444. The van der Waals surface area contributed by atoms with Gasteiger partial charge in [0.25, 0.3) is 0 Å². The van der Waals surface area contributed by atoms with Crippen molar-refractivity contribution in [3.63, 3.8) is 0 Å². The lowest BCUT2D eigenvalue weighted by Crippen LogP contribution is -2.22. The zero-order valence-electron chi connectivity index (χ0n) is 13.5. The van der Waals surface area contributed by atoms with Crippen molar-refractivity contribution in [3.8, 4) is 0 Å². The van der Waals surface area contributed by atoms with Crippen LogP contribution in [0.3, 0.4) is 0 Å². The molecule has 0 aliphatic heterocycles. The van der Waals surface area contributed by atoms with Crippen LogP contribution < -0.4 is 0 Å². The number of hydrogen-bond acceptors (Lipinski definition) is 4. The number of carbonyl (C=O) groups is 2. The van der Waals surface area contributed by atoms with Crippen molar-refractivity contribution in [3.05, 3.63) is 48.0 Å². The van der Waals surface area contributed by atoms with E-state index in [1.807, 2.05) is 13.0 Å². The van der Waals surface area contributed by atoms with E-state index in [2.05, 4.69) is 13.5 Å². The Morgan fingerprint density at radius 2 is 1.82 bits per heavy atom. The lowest BCUT2D eigenvalue weighted by Gasteiger charge is -2.17. The summed E-state index contributed by atoms with van der Waals surface area (Å²) in [7, 11) is 0. The van der Waals surface area contributed by atoms with Gasteiger partial charge in [0.2, 0.25) is 6.10 Å². The van der Waals surface area contributed by atoms with Gasteiger partial charge in [-0.1, -0.05) is 42.8 Å². The number of ether oxygens (including phenoxy) is 2. The second-order valence-corrected chi connectivity index (χ2v) is 5.62. The fourth-order valence-electron chi connectivity index (χ4n) is 2.18. The van der Waals surface area contributed by atoms with Crippen molar-refractivity contribution in [1.29, 1.82) is 0 Å². The maximum Gasteiger partial charge on any atom is 0.352 e. The van der Waals surface area contributed by atoms with Gasteiger partial charge in [-0.25, -0.2) is 4.79 Å². The van der Waals surface area contributed by atoms with Gasteiger partial charge in [-0.2, -0.15) is 0 Å². The van der Waals surface area contributed by atoms with Crippen LogP contribution >= 0.6 is 0 Å². The molecule has 0 bridgehead atoms. The van der Waals surface area contributed by atoms with E-state index in [9.17, 15) is 9.59 Å². The highest BCUT2D eigenvalue weighted by atomic mass is 16.6. The normalized spacial score (nSPS) is 13.0. The van der Waals surface area contributed by atoms with E-state index in [0.717, 1.165) is 18.4 Å². The van der Waals surface area contributed by atoms with Crippen molar-refractivity contribution >= 4 is 11.9 Å². The largest absolute Gasteiger partial charge is 0.463 e. The molecule has 0 radical (unpaired) electrons. The van der Waals surface area contributed by atoms with Crippen LogP contribution in [-0.2, 0) is 19.1 Å². The summed E-state index contributed by atoms with van der Waals surface area (Å²) >= 11 is 0. The molecule has 0 amide bonds. The van der Waals surface area contributed by atoms with Gasteiger partial charge in [-0.15, -0.1) is 6.58 Å². The molecule has 120 valence electrons. The molecule has 1 aromatic rings. The van der Waals surface area contributed by atoms with E-state index in [0.29, 0.717) is 18.1 Å². The highest BCUT2D eigenvalue weighted by Crippen LogP contribution is 2.20. The molecule has 0 aromatic heterocycles. The van der Waals surface area contributed by atoms with E-state index in [-0.39, 0.29) is 0 Å². The van der Waals surface area contributed by atoms with Crippen LogP contribution in [0.25, 0.3) is 0 Å². The zero-order valence-corrected chi connectivity index (χ0v) is 13.5. The van der Waals surface area contributed by atoms with E-state index >= 15 is 0 Å². The van der Waals surface area contributed by atoms with E-state index in [1.54, 1.807) is 24.3 Å². The third-order valence-electron chi connectivity index (χ3n) is 3.15. The van der Waals surface area contributed by atoms with Crippen molar-refractivity contribution in [1.82, 2.24) is 0 Å². The van der Waals surface area contributed by atoms with Crippen LogP contribution in [0.15, 0.2) is 42.5 Å². The van der Waals surface area contributed by atoms with Crippen molar-refractivity contribution in [2.45, 2.75) is 39.7 Å². The highest BCUT2D eigenvalue weighted by molar-refractivity contribution is 5.80. The number of benzene rings is 1. The number of allylic oxidation sites excluding steroid dienone is 1. The smallest absolute Gasteiger partial charge is 0.352 e. The average molecular weight is 304 g/mol. The summed E-state index contributed by atoms with van der Waals surface area (Å²) in [6, 6.07) is 8.87. The molecule has 4 heteroatoms. The first-order valence-corrected chi connectivity index (χ1v) is 7.43. The Hall–Kier alpha value is -2.10. The Labute approximate surface area is 132 Å². The first-order chi connectivity index (χ1) is 10.4. The molecule has 0 N–H and O–H groups in total. The van der Waals surface area contributed by atoms with E-state index in [1.165, 1.54) is 6.92 Å². The molecule has 0 aliphatic carbocycles. The minimum atomic E-state index is -1.00. The Kier molecular flexibility index (Phi) is 7.37. The number of hydrogen-bond donors (Lipinski definition) is 0. The molecule has 0 aliphatic rings. The van der Waals surface area contributed by atoms with Crippen LogP contribution in [0.5, 0.6) is 0 Å². The summed E-state index contributed by atoms with van der Waals surface area (Å²) in [5.74, 6) is -0.653. The zero-order chi connectivity index (χ0) is 16.5. The third kappa shape index (κ3) is 6.57. The second kappa shape index (κ2) is 9.03. The minimum absolute atomic E-state index is 0.303. The monoisotopic (exact) mass is 304 g/mol. The van der Waals surface area contributed by atoms with Gasteiger partial charge >= 0.3 is 11.9 Å². The molecule has 1 aromatic carbocycles. The molecule has 0 spiro atoms. The minimum Gasteiger partial charge on any atom is -0.463 e. The van der Waals surface area contributed by atoms with Crippen molar-refractivity contribution in [2.24, 2.45) is 5.92 Å². The third-order valence-corrected chi connectivity index (χ3v) is 3.15. The van der Waals surface area contributed by atoms with E-state index in [4.69, 9.17) is 9.47 Å². The van der Waals surface area contributed by atoms with Crippen LogP contribution in [0.2, 0.25) is 0 Å². The molecule has 0 fully saturated rings. The summed E-state index contributed by atoms with van der Waals surface area (Å²) in [6.07, 6.45) is 0.652. The van der Waals surface area contributed by atoms with Crippen LogP contribution in [-0.4, -0.2) is 18.5 Å². The Morgan fingerprint density at radius 3 is 2.36 bits per heavy atom. The molecule has 1 rings (SSSR count). The Morgan fingerprint density at radius 1 is 1.18 bits per heavy atom. The molecule has 0 saturated carbocycles. The summed E-state index contributed by atoms with van der Waals surface area (Å²) < 4.78 is 10.4. The number of carbonyl (C=O) groups excluding carboxylic acids is 2. The molecule has 0 saturated heterocycles. The van der Waals surface area contributed by atoms with Gasteiger partial charge in [0, 0.05) is 12.5 Å². The summed E-state index contributed by atoms with van der Waals surface area (Å²) in [6.45, 7) is 9.52. The Bertz CT molecular complexity index is 507. The summed E-state index contributed by atoms with van der Waals surface area (Å²) in [5, 5.41) is 0. The first kappa shape index (κ1) is 18.0. The summed E-state index contributed by atoms with van der Waals surface area (Å²) in [5.41, 5.74) is 1.72. The molecule has 22 heavy (non-hydrogen) atoms. The van der Waals surface area contributed by atoms with Gasteiger partial charge in [0.05, 0.1) is 6.61 Å². The topological polar surface area (TPSA) is 52.6 Å². The van der Waals surface area contributed by atoms with Gasteiger partial charge in [-0.05, 0) is 25.7 Å². The standard InChI is InChI=1S/C18H24O4/c1-13(2)12-14(3)10-11-21-18(20)17(22-15(4)19)16-8-6-5-7-9-16/h5-9,14,17H,1,10-12H2,2-4H3/t14-,17-/m0/s1. The van der Waals surface area contributed by atoms with Crippen molar-refractivity contribution in [2.75, 3.05) is 6.61 Å². The average Bonchev–Trinajstić information content (AvgIpc) is 2.44. The van der Waals surface area contributed by atoms with Crippen molar-refractivity contribution < 1.29 is 19.1 Å². The fourth-order valence-corrected chi connectivity index (χ4v) is 2.18. The van der Waals surface area contributed by atoms with Gasteiger partial charge < -0.3 is 9.47 Å². The maximum atomic E-state index is 12.2. The number of esters is 2. The quantitative estimate of drug-likeness (QED) is 0.541. The molecule has 4 nitrogen and oxygen atoms in total. The lowest BCUT2D eigenvalue weighted by molar-refractivity contribution is -0.167. The van der Waals surface area contributed by atoms with Crippen LogP contribution in [0.1, 0.15) is 45.3 Å². The van der Waals surface area contributed by atoms with Crippen LogP contribution in [0.4, 0.5) is 0 Å². The molecular formula is C18H24O4. The predicted molar refractivity (Wildman–Crippen MR) is 85.1 cm³/mol. The SMILES string of the molecule is C=C(C)C[C@@H](C)CCOC(=O)[C@@H](OC(C)=O)c1ccccc1. The lowest BCUT2D eigenvalue weighted by atomic mass is 10.0. The first-order valence-electron chi connectivity index (χ1n) is 7.43. The molecule has 2 atom stereocenters. The van der Waals surface area contributed by atoms with Gasteiger partial charge in [0.1, 0.15) is 0 Å². The second-order valence-electron chi connectivity index (χ2n) is 5.62. The predicted octanol–water partition coefficient (Wildman–Crippen LogP) is 3.83. The summed E-state index contributed by atoms with van der Waals surface area (Å²) in [4.78, 5) is 23.4. The molecular weight excluding hydrogens is 280 g/mol. The Balaban J connectivity index is 2.58. The van der Waals surface area contributed by atoms with Gasteiger partial charge in [0.15, 0.2) is 0 Å². The van der Waals surface area contributed by atoms with Crippen LogP contribution in [0, 0.1) is 5.92 Å². The maximum absolute atomic E-state index is 12.2. The molecule has 0 unspecified atom stereocenters. The highest BCUT2D eigenvalue weighted by Gasteiger charge is 2.25.